The van der Waals surface area contributed by atoms with Crippen molar-refractivity contribution in [3.05, 3.63) is 60.7 Å². The molecule has 0 amide bonds. The van der Waals surface area contributed by atoms with Gasteiger partial charge in [0.1, 0.15) is 0 Å². The molecule has 0 unspecified atom stereocenters. The van der Waals surface area contributed by atoms with Crippen molar-refractivity contribution >= 4 is 18.9 Å². The van der Waals surface area contributed by atoms with Gasteiger partial charge in [0.15, 0.2) is 0 Å². The molecule has 0 heterocycles. The lowest BCUT2D eigenvalue weighted by atomic mass is 9.89. The quantitative estimate of drug-likeness (QED) is 0.498. The van der Waals surface area contributed by atoms with E-state index in [2.05, 4.69) is 74.5 Å². The molecule has 0 radical (unpaired) electrons. The first-order chi connectivity index (χ1) is 12.7. The second-order valence-electron chi connectivity index (χ2n) is 7.55. The van der Waals surface area contributed by atoms with Crippen LogP contribution in [0.2, 0.25) is 0 Å². The molecule has 2 aromatic carbocycles. The molecular formula is C23H32O2Si. The Kier molecular flexibility index (Phi) is 7.06. The Morgan fingerprint density at radius 3 is 1.88 bits per heavy atom. The van der Waals surface area contributed by atoms with Gasteiger partial charge < -0.3 is 8.85 Å². The highest BCUT2D eigenvalue weighted by Gasteiger charge is 2.45. The van der Waals surface area contributed by atoms with Crippen molar-refractivity contribution in [2.24, 2.45) is 5.92 Å². The lowest BCUT2D eigenvalue weighted by molar-refractivity contribution is 0.0893. The van der Waals surface area contributed by atoms with E-state index >= 15 is 0 Å². The SMILES string of the molecule is CCCCO[Si](OC1CCC(C)CC1)(c1ccccc1)c1ccccc1. The van der Waals surface area contributed by atoms with Crippen molar-refractivity contribution in [1.82, 2.24) is 0 Å². The Bertz CT molecular complexity index is 596. The molecule has 1 fully saturated rings. The Labute approximate surface area is 159 Å². The number of hydrogen-bond donors (Lipinski definition) is 0. The minimum absolute atomic E-state index is 0.305. The van der Waals surface area contributed by atoms with Crippen LogP contribution in [0.15, 0.2) is 60.7 Å². The minimum Gasteiger partial charge on any atom is -0.388 e. The summed E-state index contributed by atoms with van der Waals surface area (Å²) in [5.41, 5.74) is 0. The highest BCUT2D eigenvalue weighted by Crippen LogP contribution is 2.28. The molecule has 2 nitrogen and oxygen atoms in total. The zero-order chi connectivity index (χ0) is 18.2. The summed E-state index contributed by atoms with van der Waals surface area (Å²) in [6.45, 7) is 5.32. The van der Waals surface area contributed by atoms with Crippen LogP contribution in [0.1, 0.15) is 52.4 Å². The maximum Gasteiger partial charge on any atom is 0.407 e. The van der Waals surface area contributed by atoms with E-state index in [0.717, 1.165) is 38.2 Å². The van der Waals surface area contributed by atoms with Crippen molar-refractivity contribution in [2.75, 3.05) is 6.61 Å². The third-order valence-electron chi connectivity index (χ3n) is 5.41. The van der Waals surface area contributed by atoms with Crippen molar-refractivity contribution in [3.63, 3.8) is 0 Å². The predicted octanol–water partition coefficient (Wildman–Crippen LogP) is 4.66. The minimum atomic E-state index is -2.69. The molecule has 140 valence electrons. The fraction of sp³-hybridized carbons (Fsp3) is 0.478. The molecule has 0 atom stereocenters. The van der Waals surface area contributed by atoms with Gasteiger partial charge in [0, 0.05) is 12.7 Å². The van der Waals surface area contributed by atoms with Crippen LogP contribution >= 0.6 is 0 Å². The van der Waals surface area contributed by atoms with Gasteiger partial charge in [-0.1, -0.05) is 80.9 Å². The first kappa shape index (κ1) is 19.3. The van der Waals surface area contributed by atoms with E-state index in [1.807, 2.05) is 0 Å². The summed E-state index contributed by atoms with van der Waals surface area (Å²) in [7, 11) is -2.69. The van der Waals surface area contributed by atoms with Gasteiger partial charge in [-0.2, -0.15) is 0 Å². The van der Waals surface area contributed by atoms with E-state index in [1.165, 1.54) is 23.2 Å². The number of unbranched alkanes of at least 4 members (excludes halogenated alkanes) is 1. The molecular weight excluding hydrogens is 336 g/mol. The summed E-state index contributed by atoms with van der Waals surface area (Å²) in [6, 6.07) is 21.3. The van der Waals surface area contributed by atoms with Crippen molar-refractivity contribution in [1.29, 1.82) is 0 Å². The summed E-state index contributed by atoms with van der Waals surface area (Å²) in [6.07, 6.45) is 7.31. The Balaban J connectivity index is 1.96. The van der Waals surface area contributed by atoms with E-state index in [0.29, 0.717) is 6.10 Å². The average Bonchev–Trinajstić information content (AvgIpc) is 2.70. The molecule has 1 saturated carbocycles. The summed E-state index contributed by atoms with van der Waals surface area (Å²) in [5.74, 6) is 0.820. The number of benzene rings is 2. The molecule has 26 heavy (non-hydrogen) atoms. The fourth-order valence-electron chi connectivity index (χ4n) is 3.76. The van der Waals surface area contributed by atoms with Crippen LogP contribution < -0.4 is 10.4 Å². The zero-order valence-electron chi connectivity index (χ0n) is 16.2. The van der Waals surface area contributed by atoms with Crippen molar-refractivity contribution in [3.8, 4) is 0 Å². The smallest absolute Gasteiger partial charge is 0.388 e. The van der Waals surface area contributed by atoms with Gasteiger partial charge in [-0.05, 0) is 48.4 Å². The molecule has 0 aliphatic heterocycles. The largest absolute Gasteiger partial charge is 0.407 e. The summed E-state index contributed by atoms with van der Waals surface area (Å²) < 4.78 is 13.7. The second-order valence-corrected chi connectivity index (χ2v) is 10.5. The molecule has 2 aromatic rings. The zero-order valence-corrected chi connectivity index (χ0v) is 17.2. The van der Waals surface area contributed by atoms with Crippen LogP contribution in [0.5, 0.6) is 0 Å². The highest BCUT2D eigenvalue weighted by molar-refractivity contribution is 6.92. The first-order valence-corrected chi connectivity index (χ1v) is 12.0. The van der Waals surface area contributed by atoms with E-state index in [-0.39, 0.29) is 0 Å². The lowest BCUT2D eigenvalue weighted by Gasteiger charge is -2.37. The Hall–Kier alpha value is -1.42. The van der Waals surface area contributed by atoms with Gasteiger partial charge in [0.05, 0.1) is 0 Å². The molecule has 1 aliphatic rings. The van der Waals surface area contributed by atoms with Crippen molar-refractivity contribution < 1.29 is 8.85 Å². The van der Waals surface area contributed by atoms with Crippen LogP contribution in [-0.2, 0) is 8.85 Å². The standard InChI is InChI=1S/C23H32O2Si/c1-3-4-19-24-26(22-11-7-5-8-12-22,23-13-9-6-10-14-23)25-21-17-15-20(2)16-18-21/h5-14,20-21H,3-4,15-19H2,1-2H3. The van der Waals surface area contributed by atoms with E-state index in [9.17, 15) is 0 Å². The monoisotopic (exact) mass is 368 g/mol. The van der Waals surface area contributed by atoms with Gasteiger partial charge in [0.2, 0.25) is 0 Å². The molecule has 0 aromatic heterocycles. The van der Waals surface area contributed by atoms with Crippen LogP contribution in [0.3, 0.4) is 0 Å². The van der Waals surface area contributed by atoms with Gasteiger partial charge in [-0.25, -0.2) is 0 Å². The Morgan fingerprint density at radius 2 is 1.38 bits per heavy atom. The third kappa shape index (κ3) is 4.64. The van der Waals surface area contributed by atoms with Crippen LogP contribution in [0, 0.1) is 5.92 Å². The second kappa shape index (κ2) is 9.49. The van der Waals surface area contributed by atoms with Gasteiger partial charge >= 0.3 is 8.56 Å². The van der Waals surface area contributed by atoms with Gasteiger partial charge in [-0.3, -0.25) is 0 Å². The molecule has 0 saturated heterocycles. The number of rotatable bonds is 8. The topological polar surface area (TPSA) is 18.5 Å². The maximum absolute atomic E-state index is 6.96. The predicted molar refractivity (Wildman–Crippen MR) is 111 cm³/mol. The van der Waals surface area contributed by atoms with Crippen LogP contribution in [0.4, 0.5) is 0 Å². The molecule has 0 bridgehead atoms. The Morgan fingerprint density at radius 1 is 0.846 bits per heavy atom. The maximum atomic E-state index is 6.96. The summed E-state index contributed by atoms with van der Waals surface area (Å²) in [4.78, 5) is 0. The lowest BCUT2D eigenvalue weighted by Crippen LogP contribution is -2.65. The molecule has 0 spiro atoms. The molecule has 0 N–H and O–H groups in total. The van der Waals surface area contributed by atoms with Crippen LogP contribution in [-0.4, -0.2) is 21.3 Å². The fourth-order valence-corrected chi connectivity index (χ4v) is 7.17. The molecule has 3 heteroatoms. The van der Waals surface area contributed by atoms with Crippen LogP contribution in [0.25, 0.3) is 0 Å². The van der Waals surface area contributed by atoms with E-state index in [1.54, 1.807) is 0 Å². The van der Waals surface area contributed by atoms with E-state index in [4.69, 9.17) is 8.85 Å². The highest BCUT2D eigenvalue weighted by atomic mass is 28.4. The van der Waals surface area contributed by atoms with Crippen molar-refractivity contribution in [2.45, 2.75) is 58.5 Å². The average molecular weight is 369 g/mol. The van der Waals surface area contributed by atoms with Gasteiger partial charge in [-0.15, -0.1) is 0 Å². The normalized spacial score (nSPS) is 20.8. The first-order valence-electron chi connectivity index (χ1n) is 10.2. The summed E-state index contributed by atoms with van der Waals surface area (Å²) >= 11 is 0. The number of hydrogen-bond acceptors (Lipinski definition) is 2. The molecule has 1 aliphatic carbocycles. The molecule has 3 rings (SSSR count). The summed E-state index contributed by atoms with van der Waals surface area (Å²) in [5, 5.41) is 2.45. The third-order valence-corrected chi connectivity index (χ3v) is 8.87. The van der Waals surface area contributed by atoms with Gasteiger partial charge in [0.25, 0.3) is 0 Å². The van der Waals surface area contributed by atoms with E-state index < -0.39 is 8.56 Å².